The summed E-state index contributed by atoms with van der Waals surface area (Å²) in [6.45, 7) is 7.49. The lowest BCUT2D eigenvalue weighted by molar-refractivity contribution is -0.103. The van der Waals surface area contributed by atoms with Crippen LogP contribution in [-0.4, -0.2) is 38.0 Å². The highest BCUT2D eigenvalue weighted by Crippen LogP contribution is 2.33. The molecule has 1 aromatic heterocycles. The number of halogens is 1. The Kier molecular flexibility index (Phi) is 5.56. The molecule has 8 heteroatoms. The van der Waals surface area contributed by atoms with Crippen LogP contribution in [0.15, 0.2) is 30.8 Å². The van der Waals surface area contributed by atoms with Crippen molar-refractivity contribution in [3.05, 3.63) is 47.9 Å². The number of benzene rings is 1. The zero-order valence-corrected chi connectivity index (χ0v) is 15.8. The molecule has 0 unspecified atom stereocenters. The van der Waals surface area contributed by atoms with Crippen LogP contribution in [0.1, 0.15) is 31.0 Å². The molecule has 1 aromatic carbocycles. The number of aldehydes is 1. The Bertz CT molecular complexity index is 954. The minimum absolute atomic E-state index is 0.0297. The van der Waals surface area contributed by atoms with E-state index < -0.39 is 15.8 Å². The first kappa shape index (κ1) is 19.7. The van der Waals surface area contributed by atoms with Gasteiger partial charge in [0.25, 0.3) is 0 Å². The maximum absolute atomic E-state index is 13.3. The minimum atomic E-state index is -3.59. The summed E-state index contributed by atoms with van der Waals surface area (Å²) in [5.41, 5.74) is 1.93. The Morgan fingerprint density at radius 1 is 1.23 bits per heavy atom. The Hall–Kier alpha value is -2.61. The zero-order valence-electron chi connectivity index (χ0n) is 15.0. The van der Waals surface area contributed by atoms with Crippen LogP contribution < -0.4 is 4.31 Å². The third-order valence-electron chi connectivity index (χ3n) is 3.83. The summed E-state index contributed by atoms with van der Waals surface area (Å²) < 4.78 is 38.1. The predicted octanol–water partition coefficient (Wildman–Crippen LogP) is 3.01. The van der Waals surface area contributed by atoms with Gasteiger partial charge in [-0.3, -0.25) is 4.79 Å². The fourth-order valence-corrected chi connectivity index (χ4v) is 2.74. The second-order valence-corrected chi connectivity index (χ2v) is 8.18. The van der Waals surface area contributed by atoms with E-state index in [9.17, 15) is 17.6 Å². The smallest absolute Gasteiger partial charge is 0.239 e. The van der Waals surface area contributed by atoms with Crippen LogP contribution in [0.3, 0.4) is 0 Å². The van der Waals surface area contributed by atoms with Gasteiger partial charge in [-0.15, -0.1) is 0 Å². The molecule has 0 bridgehead atoms. The van der Waals surface area contributed by atoms with Gasteiger partial charge >= 0.3 is 0 Å². The number of aromatic nitrogens is 2. The van der Waals surface area contributed by atoms with Crippen LogP contribution in [0.25, 0.3) is 16.8 Å². The molecule has 0 aliphatic heterocycles. The SMILES string of the molecule is C=C(C=O)c1c(-c2ccc(F)cc2)nc(N(C)S(C)(=O)=O)nc1C(C)C. The monoisotopic (exact) mass is 377 g/mol. The first-order valence-electron chi connectivity index (χ1n) is 7.82. The van der Waals surface area contributed by atoms with E-state index in [2.05, 4.69) is 16.5 Å². The van der Waals surface area contributed by atoms with Crippen LogP contribution in [0.4, 0.5) is 10.3 Å². The number of carbonyl (C=O) groups excluding carboxylic acids is 1. The summed E-state index contributed by atoms with van der Waals surface area (Å²) in [7, 11) is -2.24. The summed E-state index contributed by atoms with van der Waals surface area (Å²) in [5.74, 6) is -0.579. The number of sulfonamides is 1. The van der Waals surface area contributed by atoms with Gasteiger partial charge in [-0.05, 0) is 30.2 Å². The topological polar surface area (TPSA) is 80.2 Å². The van der Waals surface area contributed by atoms with Crippen molar-refractivity contribution >= 4 is 27.8 Å². The highest BCUT2D eigenvalue weighted by molar-refractivity contribution is 7.92. The van der Waals surface area contributed by atoms with E-state index >= 15 is 0 Å². The first-order chi connectivity index (χ1) is 12.1. The summed E-state index contributed by atoms with van der Waals surface area (Å²) >= 11 is 0. The molecule has 26 heavy (non-hydrogen) atoms. The van der Waals surface area contributed by atoms with E-state index in [-0.39, 0.29) is 17.4 Å². The molecule has 0 aliphatic carbocycles. The highest BCUT2D eigenvalue weighted by Gasteiger charge is 2.24. The standard InChI is InChI=1S/C18H20FN3O3S/c1-11(2)16-15(12(3)10-23)17(13-6-8-14(19)9-7-13)21-18(20-16)22(4)26(5,24)25/h6-11H,3H2,1-2,4-5H3. The third-order valence-corrected chi connectivity index (χ3v) is 4.99. The molecule has 0 saturated heterocycles. The molecule has 0 fully saturated rings. The fourth-order valence-electron chi connectivity index (χ4n) is 2.36. The van der Waals surface area contributed by atoms with Gasteiger partial charge in [0.15, 0.2) is 0 Å². The molecule has 0 amide bonds. The van der Waals surface area contributed by atoms with E-state index in [4.69, 9.17) is 0 Å². The van der Waals surface area contributed by atoms with Crippen LogP contribution >= 0.6 is 0 Å². The van der Waals surface area contributed by atoms with Gasteiger partial charge in [-0.2, -0.15) is 0 Å². The van der Waals surface area contributed by atoms with Crippen LogP contribution in [-0.2, 0) is 14.8 Å². The molecule has 6 nitrogen and oxygen atoms in total. The summed E-state index contributed by atoms with van der Waals surface area (Å²) in [6, 6.07) is 5.54. The largest absolute Gasteiger partial charge is 0.298 e. The van der Waals surface area contributed by atoms with Crippen molar-refractivity contribution < 1.29 is 17.6 Å². The van der Waals surface area contributed by atoms with Gasteiger partial charge in [-0.1, -0.05) is 20.4 Å². The van der Waals surface area contributed by atoms with E-state index in [1.165, 1.54) is 31.3 Å². The lowest BCUT2D eigenvalue weighted by Gasteiger charge is -2.21. The fraction of sp³-hybridized carbons (Fsp3) is 0.278. The van der Waals surface area contributed by atoms with E-state index in [1.807, 2.05) is 13.8 Å². The molecule has 0 saturated carbocycles. The lowest BCUT2D eigenvalue weighted by Crippen LogP contribution is -2.27. The average molecular weight is 377 g/mol. The molecule has 0 spiro atoms. The van der Waals surface area contributed by atoms with Crippen molar-refractivity contribution in [2.45, 2.75) is 19.8 Å². The van der Waals surface area contributed by atoms with Crippen molar-refractivity contribution in [1.29, 1.82) is 0 Å². The van der Waals surface area contributed by atoms with Gasteiger partial charge in [0.05, 0.1) is 17.6 Å². The maximum Gasteiger partial charge on any atom is 0.239 e. The maximum atomic E-state index is 13.3. The molecule has 0 radical (unpaired) electrons. The Morgan fingerprint density at radius 2 is 1.81 bits per heavy atom. The number of carbonyl (C=O) groups is 1. The Labute approximate surface area is 152 Å². The molecular weight excluding hydrogens is 357 g/mol. The Balaban J connectivity index is 2.88. The second kappa shape index (κ2) is 7.33. The molecule has 138 valence electrons. The van der Waals surface area contributed by atoms with Gasteiger partial charge < -0.3 is 0 Å². The lowest BCUT2D eigenvalue weighted by atomic mass is 9.94. The first-order valence-corrected chi connectivity index (χ1v) is 9.67. The number of allylic oxidation sites excluding steroid dienone is 1. The average Bonchev–Trinajstić information content (AvgIpc) is 2.59. The number of rotatable bonds is 6. The summed E-state index contributed by atoms with van der Waals surface area (Å²) in [6.07, 6.45) is 1.64. The van der Waals surface area contributed by atoms with E-state index in [0.29, 0.717) is 28.8 Å². The van der Waals surface area contributed by atoms with Crippen LogP contribution in [0, 0.1) is 5.82 Å². The molecular formula is C18H20FN3O3S. The minimum Gasteiger partial charge on any atom is -0.298 e. The van der Waals surface area contributed by atoms with Crippen LogP contribution in [0.5, 0.6) is 0 Å². The zero-order chi connectivity index (χ0) is 19.6. The van der Waals surface area contributed by atoms with Gasteiger partial charge in [0.2, 0.25) is 16.0 Å². The summed E-state index contributed by atoms with van der Waals surface area (Å²) in [4.78, 5) is 20.1. The number of hydrogen-bond donors (Lipinski definition) is 0. The molecule has 0 N–H and O–H groups in total. The second-order valence-electron chi connectivity index (χ2n) is 6.17. The van der Waals surface area contributed by atoms with Crippen molar-refractivity contribution in [2.75, 3.05) is 17.6 Å². The van der Waals surface area contributed by atoms with Crippen molar-refractivity contribution in [1.82, 2.24) is 9.97 Å². The molecule has 0 aliphatic rings. The quantitative estimate of drug-likeness (QED) is 0.571. The van der Waals surface area contributed by atoms with Gasteiger partial charge in [-0.25, -0.2) is 27.1 Å². The predicted molar refractivity (Wildman–Crippen MR) is 99.9 cm³/mol. The van der Waals surface area contributed by atoms with Crippen molar-refractivity contribution in [3.8, 4) is 11.3 Å². The van der Waals surface area contributed by atoms with E-state index in [1.54, 1.807) is 0 Å². The van der Waals surface area contributed by atoms with Gasteiger partial charge in [0, 0.05) is 23.7 Å². The normalized spacial score (nSPS) is 11.5. The number of nitrogens with zero attached hydrogens (tertiary/aromatic N) is 3. The number of anilines is 1. The van der Waals surface area contributed by atoms with E-state index in [0.717, 1.165) is 10.6 Å². The summed E-state index contributed by atoms with van der Waals surface area (Å²) in [5, 5.41) is 0. The third kappa shape index (κ3) is 3.96. The molecule has 2 aromatic rings. The van der Waals surface area contributed by atoms with Crippen molar-refractivity contribution in [3.63, 3.8) is 0 Å². The van der Waals surface area contributed by atoms with Crippen LogP contribution in [0.2, 0.25) is 0 Å². The molecule has 1 heterocycles. The number of hydrogen-bond acceptors (Lipinski definition) is 5. The molecule has 0 atom stereocenters. The van der Waals surface area contributed by atoms with Gasteiger partial charge in [0.1, 0.15) is 12.1 Å². The molecule has 2 rings (SSSR count). The van der Waals surface area contributed by atoms with Crippen molar-refractivity contribution in [2.24, 2.45) is 0 Å². The highest BCUT2D eigenvalue weighted by atomic mass is 32.2. The Morgan fingerprint density at radius 3 is 2.27 bits per heavy atom.